The summed E-state index contributed by atoms with van der Waals surface area (Å²) in [5, 5.41) is 8.96. The standard InChI is InChI=1S/C27H28N2O5/c1-19-3-2-4-23(28-19)17-20-5-9-25(10-6-20)34-27(32)29-15-13-21(14-16-29)18-33-24-11-7-22(8-12-24)26(30)31/h2-12,21H,13-18H2,1H3,(H,30,31). The van der Waals surface area contributed by atoms with Crippen molar-refractivity contribution in [2.45, 2.75) is 26.2 Å². The minimum absolute atomic E-state index is 0.233. The van der Waals surface area contributed by atoms with E-state index in [4.69, 9.17) is 14.6 Å². The predicted molar refractivity (Wildman–Crippen MR) is 127 cm³/mol. The number of amides is 1. The van der Waals surface area contributed by atoms with Gasteiger partial charge in [-0.1, -0.05) is 18.2 Å². The lowest BCUT2D eigenvalue weighted by molar-refractivity contribution is 0.0696. The summed E-state index contributed by atoms with van der Waals surface area (Å²) in [5.74, 6) is 0.550. The number of hydrogen-bond acceptors (Lipinski definition) is 5. The summed E-state index contributed by atoms with van der Waals surface area (Å²) in [6.45, 7) is 3.74. The van der Waals surface area contributed by atoms with Gasteiger partial charge in [-0.15, -0.1) is 0 Å². The van der Waals surface area contributed by atoms with Crippen LogP contribution in [-0.2, 0) is 6.42 Å². The molecule has 7 nitrogen and oxygen atoms in total. The molecule has 1 aliphatic rings. The van der Waals surface area contributed by atoms with Crippen molar-refractivity contribution in [3.05, 3.63) is 89.2 Å². The lowest BCUT2D eigenvalue weighted by atomic mass is 9.98. The van der Waals surface area contributed by atoms with Crippen molar-refractivity contribution in [3.8, 4) is 11.5 Å². The van der Waals surface area contributed by atoms with Crippen LogP contribution in [0.1, 0.15) is 40.2 Å². The number of aryl methyl sites for hydroxylation is 1. The van der Waals surface area contributed by atoms with E-state index in [2.05, 4.69) is 4.98 Å². The molecule has 0 unspecified atom stereocenters. The van der Waals surface area contributed by atoms with Gasteiger partial charge in [0.05, 0.1) is 12.2 Å². The highest BCUT2D eigenvalue weighted by molar-refractivity contribution is 5.87. The number of benzene rings is 2. The molecule has 0 bridgehead atoms. The Balaban J connectivity index is 1.21. The normalized spacial score (nSPS) is 14.0. The second-order valence-corrected chi connectivity index (χ2v) is 8.53. The van der Waals surface area contributed by atoms with E-state index in [0.29, 0.717) is 37.1 Å². The minimum atomic E-state index is -0.957. The first-order chi connectivity index (χ1) is 16.5. The smallest absolute Gasteiger partial charge is 0.415 e. The fourth-order valence-corrected chi connectivity index (χ4v) is 3.94. The summed E-state index contributed by atoms with van der Waals surface area (Å²) in [6.07, 6.45) is 2.04. The van der Waals surface area contributed by atoms with Gasteiger partial charge in [-0.3, -0.25) is 4.98 Å². The van der Waals surface area contributed by atoms with Crippen molar-refractivity contribution in [2.24, 2.45) is 5.92 Å². The van der Waals surface area contributed by atoms with Crippen LogP contribution in [0.3, 0.4) is 0 Å². The molecule has 0 radical (unpaired) electrons. The van der Waals surface area contributed by atoms with Crippen molar-refractivity contribution in [1.82, 2.24) is 9.88 Å². The molecule has 1 aliphatic heterocycles. The quantitative estimate of drug-likeness (QED) is 0.536. The third-order valence-electron chi connectivity index (χ3n) is 5.92. The van der Waals surface area contributed by atoms with Crippen LogP contribution in [0.15, 0.2) is 66.7 Å². The summed E-state index contributed by atoms with van der Waals surface area (Å²) >= 11 is 0. The SMILES string of the molecule is Cc1cccc(Cc2ccc(OC(=O)N3CCC(COc4ccc(C(=O)O)cc4)CC3)cc2)n1. The number of pyridine rings is 1. The van der Waals surface area contributed by atoms with E-state index in [-0.39, 0.29) is 11.7 Å². The number of likely N-dealkylation sites (tertiary alicyclic amines) is 1. The molecule has 4 rings (SSSR count). The number of aromatic carboxylic acids is 1. The second-order valence-electron chi connectivity index (χ2n) is 8.53. The third kappa shape index (κ3) is 6.34. The molecular weight excluding hydrogens is 432 g/mol. The van der Waals surface area contributed by atoms with Crippen molar-refractivity contribution < 1.29 is 24.2 Å². The molecule has 7 heteroatoms. The van der Waals surface area contributed by atoms with E-state index in [1.165, 1.54) is 12.1 Å². The molecule has 3 aromatic rings. The van der Waals surface area contributed by atoms with Crippen molar-refractivity contribution in [3.63, 3.8) is 0 Å². The van der Waals surface area contributed by atoms with Gasteiger partial charge < -0.3 is 19.5 Å². The second kappa shape index (κ2) is 10.8. The largest absolute Gasteiger partial charge is 0.493 e. The fraction of sp³-hybridized carbons (Fsp3) is 0.296. The number of hydrogen-bond donors (Lipinski definition) is 1. The molecule has 2 heterocycles. The van der Waals surface area contributed by atoms with Gasteiger partial charge in [0.2, 0.25) is 0 Å². The highest BCUT2D eigenvalue weighted by atomic mass is 16.6. The molecule has 1 fully saturated rings. The minimum Gasteiger partial charge on any atom is -0.493 e. The molecule has 0 spiro atoms. The zero-order valence-corrected chi connectivity index (χ0v) is 19.1. The summed E-state index contributed by atoms with van der Waals surface area (Å²) in [5.41, 5.74) is 3.34. The number of carboxylic acids is 1. The Kier molecular flexibility index (Phi) is 7.42. The molecule has 1 saturated heterocycles. The molecule has 1 aromatic heterocycles. The fourth-order valence-electron chi connectivity index (χ4n) is 3.94. The van der Waals surface area contributed by atoms with Crippen LogP contribution in [0.5, 0.6) is 11.5 Å². The van der Waals surface area contributed by atoms with Gasteiger partial charge in [-0.25, -0.2) is 9.59 Å². The molecule has 1 amide bonds. The highest BCUT2D eigenvalue weighted by Gasteiger charge is 2.24. The average molecular weight is 461 g/mol. The third-order valence-corrected chi connectivity index (χ3v) is 5.92. The number of carboxylic acid groups (broad SMARTS) is 1. The van der Waals surface area contributed by atoms with Gasteiger partial charge in [0.25, 0.3) is 0 Å². The van der Waals surface area contributed by atoms with E-state index >= 15 is 0 Å². The van der Waals surface area contributed by atoms with Gasteiger partial charge in [0.15, 0.2) is 0 Å². The lowest BCUT2D eigenvalue weighted by Gasteiger charge is -2.31. The monoisotopic (exact) mass is 460 g/mol. The maximum atomic E-state index is 12.6. The topological polar surface area (TPSA) is 89.0 Å². The van der Waals surface area contributed by atoms with Crippen LogP contribution in [0, 0.1) is 12.8 Å². The molecule has 0 atom stereocenters. The van der Waals surface area contributed by atoms with Crippen molar-refractivity contribution in [2.75, 3.05) is 19.7 Å². The predicted octanol–water partition coefficient (Wildman–Crippen LogP) is 4.97. The lowest BCUT2D eigenvalue weighted by Crippen LogP contribution is -2.41. The van der Waals surface area contributed by atoms with E-state index in [9.17, 15) is 9.59 Å². The number of nitrogens with zero attached hydrogens (tertiary/aromatic N) is 2. The van der Waals surface area contributed by atoms with Gasteiger partial charge in [0.1, 0.15) is 11.5 Å². The van der Waals surface area contributed by atoms with Gasteiger partial charge in [0, 0.05) is 30.9 Å². The van der Waals surface area contributed by atoms with E-state index in [1.807, 2.05) is 49.4 Å². The number of rotatable bonds is 7. The Morgan fingerprint density at radius 1 is 0.971 bits per heavy atom. The first-order valence-corrected chi connectivity index (χ1v) is 11.4. The van der Waals surface area contributed by atoms with Gasteiger partial charge in [-0.05, 0) is 79.8 Å². The first kappa shape index (κ1) is 23.3. The molecule has 176 valence electrons. The maximum absolute atomic E-state index is 12.6. The molecule has 0 aliphatic carbocycles. The van der Waals surface area contributed by atoms with Crippen LogP contribution >= 0.6 is 0 Å². The molecule has 1 N–H and O–H groups in total. The Hall–Kier alpha value is -3.87. The van der Waals surface area contributed by atoms with E-state index < -0.39 is 5.97 Å². The van der Waals surface area contributed by atoms with Crippen molar-refractivity contribution >= 4 is 12.1 Å². The highest BCUT2D eigenvalue weighted by Crippen LogP contribution is 2.22. The zero-order valence-electron chi connectivity index (χ0n) is 19.1. The summed E-state index contributed by atoms with van der Waals surface area (Å²) in [4.78, 5) is 29.7. The number of carbonyl (C=O) groups is 2. The van der Waals surface area contributed by atoms with Gasteiger partial charge >= 0.3 is 12.1 Å². The summed E-state index contributed by atoms with van der Waals surface area (Å²) in [7, 11) is 0. The van der Waals surface area contributed by atoms with E-state index in [1.54, 1.807) is 17.0 Å². The maximum Gasteiger partial charge on any atom is 0.415 e. The molecular formula is C27H28N2O5. The van der Waals surface area contributed by atoms with Crippen LogP contribution in [0.2, 0.25) is 0 Å². The first-order valence-electron chi connectivity index (χ1n) is 11.4. The number of aromatic nitrogens is 1. The van der Waals surface area contributed by atoms with Crippen LogP contribution in [0.4, 0.5) is 4.79 Å². The van der Waals surface area contributed by atoms with Crippen LogP contribution in [0.25, 0.3) is 0 Å². The zero-order chi connectivity index (χ0) is 23.9. The summed E-state index contributed by atoms with van der Waals surface area (Å²) in [6, 6.07) is 19.9. The Morgan fingerprint density at radius 3 is 2.29 bits per heavy atom. The van der Waals surface area contributed by atoms with Crippen LogP contribution in [-0.4, -0.2) is 46.7 Å². The summed E-state index contributed by atoms with van der Waals surface area (Å²) < 4.78 is 11.4. The Morgan fingerprint density at radius 2 is 1.65 bits per heavy atom. The van der Waals surface area contributed by atoms with E-state index in [0.717, 1.165) is 36.2 Å². The number of ether oxygens (including phenoxy) is 2. The number of carbonyl (C=O) groups excluding carboxylic acids is 1. The Bertz CT molecular complexity index is 1120. The average Bonchev–Trinajstić information content (AvgIpc) is 2.84. The van der Waals surface area contributed by atoms with Crippen LogP contribution < -0.4 is 9.47 Å². The van der Waals surface area contributed by atoms with Crippen molar-refractivity contribution in [1.29, 1.82) is 0 Å². The van der Waals surface area contributed by atoms with Gasteiger partial charge in [-0.2, -0.15) is 0 Å². The molecule has 0 saturated carbocycles. The molecule has 2 aromatic carbocycles. The molecule has 34 heavy (non-hydrogen) atoms. The number of piperidine rings is 1. The Labute approximate surface area is 199 Å².